The molecule has 0 amide bonds. The molecule has 0 radical (unpaired) electrons. The summed E-state index contributed by atoms with van der Waals surface area (Å²) in [7, 11) is 4.32. The van der Waals surface area contributed by atoms with Crippen LogP contribution in [0.4, 0.5) is 0 Å². The molecule has 0 aliphatic rings. The van der Waals surface area contributed by atoms with Gasteiger partial charge in [-0.15, -0.1) is 0 Å². The van der Waals surface area contributed by atoms with E-state index in [1.54, 1.807) is 0 Å². The number of hydrogen-bond acceptors (Lipinski definition) is 1. The van der Waals surface area contributed by atoms with Crippen molar-refractivity contribution in [1.82, 2.24) is 4.90 Å². The molecular formula is C16H37N. The normalized spacial score (nSPS) is 13.2. The minimum absolute atomic E-state index is 0.519. The minimum atomic E-state index is 0.519. The minimum Gasteiger partial charge on any atom is -0.309 e. The molecule has 1 atom stereocenters. The molecule has 0 aromatic rings. The van der Waals surface area contributed by atoms with Gasteiger partial charge in [0.1, 0.15) is 0 Å². The van der Waals surface area contributed by atoms with Crippen molar-refractivity contribution in [2.24, 2.45) is 11.3 Å². The Morgan fingerprint density at radius 3 is 1.65 bits per heavy atom. The Labute approximate surface area is 111 Å². The van der Waals surface area contributed by atoms with E-state index in [4.69, 9.17) is 0 Å². The van der Waals surface area contributed by atoms with Crippen LogP contribution >= 0.6 is 0 Å². The highest BCUT2D eigenvalue weighted by Gasteiger charge is 2.25. The Balaban J connectivity index is 0. The molecule has 0 heterocycles. The van der Waals surface area contributed by atoms with Gasteiger partial charge in [-0.2, -0.15) is 0 Å². The van der Waals surface area contributed by atoms with E-state index in [1.165, 1.54) is 38.6 Å². The summed E-state index contributed by atoms with van der Waals surface area (Å²) < 4.78 is 0. The fourth-order valence-corrected chi connectivity index (χ4v) is 1.85. The van der Waals surface area contributed by atoms with Gasteiger partial charge in [0.05, 0.1) is 0 Å². The van der Waals surface area contributed by atoms with Crippen LogP contribution in [0.1, 0.15) is 73.6 Å². The largest absolute Gasteiger partial charge is 0.309 e. The molecular weight excluding hydrogens is 206 g/mol. The number of nitrogens with zero attached hydrogens (tertiary/aromatic N) is 1. The monoisotopic (exact) mass is 243 g/mol. The molecule has 1 unspecified atom stereocenters. The summed E-state index contributed by atoms with van der Waals surface area (Å²) in [4.78, 5) is 2.29. The van der Waals surface area contributed by atoms with Gasteiger partial charge in [-0.25, -0.2) is 0 Å². The molecule has 0 aromatic heterocycles. The van der Waals surface area contributed by atoms with E-state index in [9.17, 15) is 0 Å². The van der Waals surface area contributed by atoms with E-state index < -0.39 is 0 Å². The fourth-order valence-electron chi connectivity index (χ4n) is 1.85. The van der Waals surface area contributed by atoms with Gasteiger partial charge in [0.25, 0.3) is 0 Å². The van der Waals surface area contributed by atoms with Crippen molar-refractivity contribution in [3.63, 3.8) is 0 Å². The summed E-state index contributed by atoms with van der Waals surface area (Å²) in [6.45, 7) is 15.0. The molecule has 1 nitrogen and oxygen atoms in total. The van der Waals surface area contributed by atoms with Gasteiger partial charge in [0.15, 0.2) is 0 Å². The van der Waals surface area contributed by atoms with Gasteiger partial charge in [-0.3, -0.25) is 0 Å². The maximum absolute atomic E-state index is 2.40. The lowest BCUT2D eigenvalue weighted by Gasteiger charge is -2.33. The molecule has 0 fully saturated rings. The summed E-state index contributed by atoms with van der Waals surface area (Å²) >= 11 is 0. The third-order valence-electron chi connectivity index (χ3n) is 3.93. The average molecular weight is 243 g/mol. The van der Waals surface area contributed by atoms with Gasteiger partial charge in [0, 0.05) is 0 Å². The van der Waals surface area contributed by atoms with Gasteiger partial charge < -0.3 is 4.90 Å². The lowest BCUT2D eigenvalue weighted by Crippen LogP contribution is -2.26. The number of unbranched alkanes of at least 4 members (excludes halogenated alkanes) is 1. The second-order valence-corrected chi connectivity index (χ2v) is 6.04. The quantitative estimate of drug-likeness (QED) is 0.593. The van der Waals surface area contributed by atoms with Crippen molar-refractivity contribution in [3.8, 4) is 0 Å². The molecule has 0 bridgehead atoms. The number of rotatable bonds is 7. The van der Waals surface area contributed by atoms with Crippen molar-refractivity contribution in [2.75, 3.05) is 20.6 Å². The van der Waals surface area contributed by atoms with Crippen LogP contribution in [0.5, 0.6) is 0 Å². The van der Waals surface area contributed by atoms with E-state index >= 15 is 0 Å². The summed E-state index contributed by atoms with van der Waals surface area (Å²) in [5.41, 5.74) is 0.519. The Kier molecular flexibility index (Phi) is 12.6. The van der Waals surface area contributed by atoms with Crippen molar-refractivity contribution in [3.05, 3.63) is 0 Å². The van der Waals surface area contributed by atoms with E-state index in [0.29, 0.717) is 5.41 Å². The molecule has 17 heavy (non-hydrogen) atoms. The average Bonchev–Trinajstić information content (AvgIpc) is 2.29. The summed E-state index contributed by atoms with van der Waals surface area (Å²) in [5.74, 6) is 0.875. The highest BCUT2D eigenvalue weighted by atomic mass is 15.0. The second-order valence-electron chi connectivity index (χ2n) is 6.04. The van der Waals surface area contributed by atoms with Gasteiger partial charge in [0.2, 0.25) is 0 Å². The van der Waals surface area contributed by atoms with Crippen LogP contribution in [0.25, 0.3) is 0 Å². The van der Waals surface area contributed by atoms with Crippen molar-refractivity contribution >= 4 is 0 Å². The first-order chi connectivity index (χ1) is 7.85. The summed E-state index contributed by atoms with van der Waals surface area (Å²) in [6.07, 6.45) is 6.58. The third kappa shape index (κ3) is 10.8. The van der Waals surface area contributed by atoms with Crippen LogP contribution in [0.15, 0.2) is 0 Å². The van der Waals surface area contributed by atoms with E-state index in [-0.39, 0.29) is 0 Å². The lowest BCUT2D eigenvalue weighted by atomic mass is 9.74. The van der Waals surface area contributed by atoms with Crippen LogP contribution in [0, 0.1) is 11.3 Å². The zero-order chi connectivity index (χ0) is 13.9. The molecule has 0 aliphatic heterocycles. The van der Waals surface area contributed by atoms with Crippen molar-refractivity contribution in [1.29, 1.82) is 0 Å². The first-order valence-corrected chi connectivity index (χ1v) is 7.50. The summed E-state index contributed by atoms with van der Waals surface area (Å²) in [5, 5.41) is 0. The first kappa shape index (κ1) is 19.3. The number of hydrogen-bond donors (Lipinski definition) is 0. The summed E-state index contributed by atoms with van der Waals surface area (Å²) in [6, 6.07) is 0. The predicted octanol–water partition coefficient (Wildman–Crippen LogP) is 5.21. The molecule has 0 rings (SSSR count). The van der Waals surface area contributed by atoms with E-state index in [1.807, 2.05) is 0 Å². The molecule has 0 aliphatic carbocycles. The van der Waals surface area contributed by atoms with Crippen LogP contribution in [-0.4, -0.2) is 25.5 Å². The molecule has 0 spiro atoms. The second kappa shape index (κ2) is 11.1. The Bertz CT molecular complexity index is 148. The predicted molar refractivity (Wildman–Crippen MR) is 81.6 cm³/mol. The topological polar surface area (TPSA) is 3.24 Å². The van der Waals surface area contributed by atoms with E-state index in [0.717, 1.165) is 5.92 Å². The van der Waals surface area contributed by atoms with Crippen LogP contribution in [-0.2, 0) is 0 Å². The van der Waals surface area contributed by atoms with Gasteiger partial charge >= 0.3 is 0 Å². The van der Waals surface area contributed by atoms with Crippen LogP contribution in [0.3, 0.4) is 0 Å². The lowest BCUT2D eigenvalue weighted by molar-refractivity contribution is 0.171. The maximum atomic E-state index is 2.40. The smallest absolute Gasteiger partial charge is 0.00220 e. The van der Waals surface area contributed by atoms with Gasteiger partial charge in [-0.1, -0.05) is 67.2 Å². The molecule has 0 saturated carbocycles. The molecule has 106 valence electrons. The van der Waals surface area contributed by atoms with Gasteiger partial charge in [-0.05, 0) is 38.4 Å². The highest BCUT2D eigenvalue weighted by Crippen LogP contribution is 2.34. The zero-order valence-corrected chi connectivity index (χ0v) is 13.8. The highest BCUT2D eigenvalue weighted by molar-refractivity contribution is 4.76. The standard InChI is InChI=1S/C12H27N.C4H10/c1-7-11(9-10-13(5)6)12(3,4)8-2;1-3-4-2/h11H,7-10H2,1-6H3;3-4H2,1-2H3. The third-order valence-corrected chi connectivity index (χ3v) is 3.93. The van der Waals surface area contributed by atoms with Crippen molar-refractivity contribution < 1.29 is 0 Å². The van der Waals surface area contributed by atoms with E-state index in [2.05, 4.69) is 60.5 Å². The van der Waals surface area contributed by atoms with Crippen molar-refractivity contribution in [2.45, 2.75) is 73.6 Å². The fraction of sp³-hybridized carbons (Fsp3) is 1.00. The SMILES string of the molecule is CCC(CCN(C)C)C(C)(C)CC.CCCC. The first-order valence-electron chi connectivity index (χ1n) is 7.50. The Morgan fingerprint density at radius 1 is 0.941 bits per heavy atom. The van der Waals surface area contributed by atoms with Crippen LogP contribution in [0.2, 0.25) is 0 Å². The Hall–Kier alpha value is -0.0400. The molecule has 0 saturated heterocycles. The molecule has 0 aromatic carbocycles. The molecule has 0 N–H and O–H groups in total. The van der Waals surface area contributed by atoms with Crippen LogP contribution < -0.4 is 0 Å². The Morgan fingerprint density at radius 2 is 1.41 bits per heavy atom. The zero-order valence-electron chi connectivity index (χ0n) is 13.8. The molecule has 1 heteroatoms. The maximum Gasteiger partial charge on any atom is -0.00220 e.